The summed E-state index contributed by atoms with van der Waals surface area (Å²) < 4.78 is 14.1. The maximum Gasteiger partial charge on any atom is 0.228 e. The van der Waals surface area contributed by atoms with Crippen LogP contribution in [0.5, 0.6) is 0 Å². The Bertz CT molecular complexity index is 596. The summed E-state index contributed by atoms with van der Waals surface area (Å²) in [5.74, 6) is -0.772. The van der Waals surface area contributed by atoms with Crippen molar-refractivity contribution < 1.29 is 9.18 Å². The number of amides is 1. The average Bonchev–Trinajstić information content (AvgIpc) is 2.34. The summed E-state index contributed by atoms with van der Waals surface area (Å²) in [6.45, 7) is 0. The third-order valence-corrected chi connectivity index (χ3v) is 3.20. The number of anilines is 2. The molecule has 3 N–H and O–H groups in total. The molecule has 98 valence electrons. The number of nitrogens with one attached hydrogen (secondary N) is 1. The number of rotatable bonds is 3. The van der Waals surface area contributed by atoms with Crippen LogP contribution in [0.2, 0.25) is 0 Å². The predicted molar refractivity (Wildman–Crippen MR) is 77.3 cm³/mol. The third kappa shape index (κ3) is 3.54. The standard InChI is InChI=1S/C14H12BrFN2O/c15-11-5-2-6-12(16)14(11)18-13(19)8-9-3-1-4-10(17)7-9/h1-7H,8,17H2,(H,18,19). The molecular weight excluding hydrogens is 311 g/mol. The van der Waals surface area contributed by atoms with Gasteiger partial charge in [-0.1, -0.05) is 18.2 Å². The Morgan fingerprint density at radius 1 is 1.26 bits per heavy atom. The van der Waals surface area contributed by atoms with Gasteiger partial charge >= 0.3 is 0 Å². The molecule has 19 heavy (non-hydrogen) atoms. The van der Waals surface area contributed by atoms with E-state index in [0.29, 0.717) is 10.2 Å². The number of para-hydroxylation sites is 1. The number of carbonyl (C=O) groups excluding carboxylic acids is 1. The quantitative estimate of drug-likeness (QED) is 0.851. The van der Waals surface area contributed by atoms with Gasteiger partial charge in [-0.2, -0.15) is 0 Å². The summed E-state index contributed by atoms with van der Waals surface area (Å²) in [5.41, 5.74) is 7.16. The summed E-state index contributed by atoms with van der Waals surface area (Å²) in [4.78, 5) is 11.9. The van der Waals surface area contributed by atoms with Crippen molar-refractivity contribution in [3.8, 4) is 0 Å². The number of hydrogen-bond acceptors (Lipinski definition) is 2. The van der Waals surface area contributed by atoms with Crippen molar-refractivity contribution in [3.05, 3.63) is 58.3 Å². The molecule has 0 atom stereocenters. The number of nitrogen functional groups attached to an aromatic ring is 1. The fourth-order valence-electron chi connectivity index (χ4n) is 1.69. The highest BCUT2D eigenvalue weighted by Gasteiger charge is 2.10. The molecule has 0 aliphatic rings. The van der Waals surface area contributed by atoms with Crippen molar-refractivity contribution in [2.75, 3.05) is 11.1 Å². The lowest BCUT2D eigenvalue weighted by Gasteiger charge is -2.08. The molecule has 0 saturated heterocycles. The first-order valence-corrected chi connectivity index (χ1v) is 6.44. The molecule has 0 spiro atoms. The van der Waals surface area contributed by atoms with Gasteiger partial charge in [-0.25, -0.2) is 4.39 Å². The van der Waals surface area contributed by atoms with Crippen molar-refractivity contribution in [3.63, 3.8) is 0 Å². The Balaban J connectivity index is 2.10. The second-order valence-electron chi connectivity index (χ2n) is 4.07. The summed E-state index contributed by atoms with van der Waals surface area (Å²) in [5, 5.41) is 2.54. The first-order chi connectivity index (χ1) is 9.06. The van der Waals surface area contributed by atoms with Gasteiger partial charge in [0.25, 0.3) is 0 Å². The highest BCUT2D eigenvalue weighted by Crippen LogP contribution is 2.25. The maximum absolute atomic E-state index is 13.5. The molecule has 0 unspecified atom stereocenters. The second-order valence-corrected chi connectivity index (χ2v) is 4.92. The Morgan fingerprint density at radius 3 is 2.68 bits per heavy atom. The zero-order chi connectivity index (χ0) is 13.8. The lowest BCUT2D eigenvalue weighted by Crippen LogP contribution is -2.15. The zero-order valence-corrected chi connectivity index (χ0v) is 11.6. The summed E-state index contributed by atoms with van der Waals surface area (Å²) in [7, 11) is 0. The first-order valence-electron chi connectivity index (χ1n) is 5.64. The van der Waals surface area contributed by atoms with Gasteiger partial charge in [-0.15, -0.1) is 0 Å². The largest absolute Gasteiger partial charge is 0.399 e. The highest BCUT2D eigenvalue weighted by molar-refractivity contribution is 9.10. The summed E-state index contributed by atoms with van der Waals surface area (Å²) >= 11 is 3.20. The van der Waals surface area contributed by atoms with Crippen LogP contribution in [-0.2, 0) is 11.2 Å². The van der Waals surface area contributed by atoms with Gasteiger partial charge in [0.2, 0.25) is 5.91 Å². The van der Waals surface area contributed by atoms with Gasteiger partial charge < -0.3 is 11.1 Å². The molecule has 0 aliphatic carbocycles. The normalized spacial score (nSPS) is 10.2. The van der Waals surface area contributed by atoms with E-state index >= 15 is 0 Å². The van der Waals surface area contributed by atoms with Crippen molar-refractivity contribution in [2.24, 2.45) is 0 Å². The smallest absolute Gasteiger partial charge is 0.228 e. The summed E-state index contributed by atoms with van der Waals surface area (Å²) in [6.07, 6.45) is 0.145. The third-order valence-electron chi connectivity index (χ3n) is 2.54. The number of hydrogen-bond donors (Lipinski definition) is 2. The van der Waals surface area contributed by atoms with Gasteiger partial charge in [0.05, 0.1) is 12.1 Å². The van der Waals surface area contributed by atoms with E-state index < -0.39 is 5.82 Å². The Morgan fingerprint density at radius 2 is 2.00 bits per heavy atom. The Kier molecular flexibility index (Phi) is 4.16. The maximum atomic E-state index is 13.5. The van der Waals surface area contributed by atoms with Crippen LogP contribution in [-0.4, -0.2) is 5.91 Å². The highest BCUT2D eigenvalue weighted by atomic mass is 79.9. The average molecular weight is 323 g/mol. The molecular formula is C14H12BrFN2O. The molecule has 0 bridgehead atoms. The molecule has 0 radical (unpaired) electrons. The molecule has 2 aromatic carbocycles. The minimum Gasteiger partial charge on any atom is -0.399 e. The van der Waals surface area contributed by atoms with E-state index in [0.717, 1.165) is 5.56 Å². The molecule has 3 nitrogen and oxygen atoms in total. The van der Waals surface area contributed by atoms with Gasteiger partial charge in [0.15, 0.2) is 0 Å². The van der Waals surface area contributed by atoms with Crippen molar-refractivity contribution >= 4 is 33.2 Å². The van der Waals surface area contributed by atoms with Crippen molar-refractivity contribution in [1.29, 1.82) is 0 Å². The van der Waals surface area contributed by atoms with Crippen LogP contribution in [0, 0.1) is 5.82 Å². The van der Waals surface area contributed by atoms with E-state index in [1.54, 1.807) is 36.4 Å². The molecule has 2 aromatic rings. The van der Waals surface area contributed by atoms with Gasteiger partial charge in [0, 0.05) is 10.2 Å². The van der Waals surface area contributed by atoms with Crippen LogP contribution in [0.25, 0.3) is 0 Å². The van der Waals surface area contributed by atoms with E-state index in [2.05, 4.69) is 21.2 Å². The molecule has 1 amide bonds. The Hall–Kier alpha value is -1.88. The van der Waals surface area contributed by atoms with E-state index in [9.17, 15) is 9.18 Å². The van der Waals surface area contributed by atoms with Crippen LogP contribution < -0.4 is 11.1 Å². The zero-order valence-electron chi connectivity index (χ0n) is 9.99. The van der Waals surface area contributed by atoms with Crippen LogP contribution in [0.3, 0.4) is 0 Å². The molecule has 0 heterocycles. The summed E-state index contributed by atoms with van der Waals surface area (Å²) in [6, 6.07) is 11.6. The lowest BCUT2D eigenvalue weighted by molar-refractivity contribution is -0.115. The van der Waals surface area contributed by atoms with E-state index in [-0.39, 0.29) is 18.0 Å². The fourth-order valence-corrected chi connectivity index (χ4v) is 2.13. The van der Waals surface area contributed by atoms with E-state index in [4.69, 9.17) is 5.73 Å². The van der Waals surface area contributed by atoms with Crippen molar-refractivity contribution in [2.45, 2.75) is 6.42 Å². The number of halogens is 2. The fraction of sp³-hybridized carbons (Fsp3) is 0.0714. The minimum absolute atomic E-state index is 0.145. The van der Waals surface area contributed by atoms with E-state index in [1.165, 1.54) is 6.07 Å². The number of benzene rings is 2. The van der Waals surface area contributed by atoms with E-state index in [1.807, 2.05) is 0 Å². The predicted octanol–water partition coefficient (Wildman–Crippen LogP) is 3.35. The number of nitrogens with two attached hydrogens (primary N) is 1. The molecule has 0 aromatic heterocycles. The lowest BCUT2D eigenvalue weighted by atomic mass is 10.1. The van der Waals surface area contributed by atoms with Gasteiger partial charge in [-0.3, -0.25) is 4.79 Å². The van der Waals surface area contributed by atoms with Crippen molar-refractivity contribution in [1.82, 2.24) is 0 Å². The molecule has 0 saturated carbocycles. The molecule has 0 fully saturated rings. The van der Waals surface area contributed by atoms with Crippen LogP contribution in [0.4, 0.5) is 15.8 Å². The molecule has 2 rings (SSSR count). The van der Waals surface area contributed by atoms with Crippen LogP contribution in [0.1, 0.15) is 5.56 Å². The minimum atomic E-state index is -0.477. The first kappa shape index (κ1) is 13.5. The number of carbonyl (C=O) groups is 1. The second kappa shape index (κ2) is 5.84. The molecule has 0 aliphatic heterocycles. The Labute approximate surface area is 118 Å². The molecule has 5 heteroatoms. The topological polar surface area (TPSA) is 55.1 Å². The SMILES string of the molecule is Nc1cccc(CC(=O)Nc2c(F)cccc2Br)c1. The van der Waals surface area contributed by atoms with Crippen LogP contribution in [0.15, 0.2) is 46.9 Å². The van der Waals surface area contributed by atoms with Gasteiger partial charge in [0.1, 0.15) is 5.82 Å². The van der Waals surface area contributed by atoms with Gasteiger partial charge in [-0.05, 0) is 45.8 Å². The van der Waals surface area contributed by atoms with Crippen LogP contribution >= 0.6 is 15.9 Å². The monoisotopic (exact) mass is 322 g/mol.